The van der Waals surface area contributed by atoms with Crippen molar-refractivity contribution in [1.29, 1.82) is 0 Å². The van der Waals surface area contributed by atoms with Gasteiger partial charge < -0.3 is 15.2 Å². The topological polar surface area (TPSA) is 79.4 Å². The molecule has 0 bridgehead atoms. The van der Waals surface area contributed by atoms with Gasteiger partial charge >= 0.3 is 0 Å². The lowest BCUT2D eigenvalue weighted by Gasteiger charge is -2.09. The second-order valence-corrected chi connectivity index (χ2v) is 4.55. The molecule has 0 spiro atoms. The minimum atomic E-state index is 0.375. The molecule has 21 heavy (non-hydrogen) atoms. The lowest BCUT2D eigenvalue weighted by Crippen LogP contribution is -2.04. The molecule has 0 aliphatic heterocycles. The van der Waals surface area contributed by atoms with Gasteiger partial charge in [-0.05, 0) is 18.6 Å². The van der Waals surface area contributed by atoms with Crippen LogP contribution in [-0.4, -0.2) is 30.3 Å². The highest BCUT2D eigenvalue weighted by Crippen LogP contribution is 2.35. The molecule has 0 atom stereocenters. The first-order valence-corrected chi connectivity index (χ1v) is 6.70. The zero-order chi connectivity index (χ0) is 15.4. The van der Waals surface area contributed by atoms with Gasteiger partial charge in [-0.25, -0.2) is 4.68 Å². The molecular weight excluding hydrogens is 270 g/mol. The summed E-state index contributed by atoms with van der Waals surface area (Å²) in [5, 5.41) is 4.44. The molecular formula is C15H19N3O3. The smallest absolute Gasteiger partial charge is 0.156 e. The van der Waals surface area contributed by atoms with Crippen LogP contribution in [0.2, 0.25) is 0 Å². The number of benzene rings is 1. The third-order valence-corrected chi connectivity index (χ3v) is 3.25. The molecule has 6 heteroatoms. The number of nitrogens with two attached hydrogens (primary N) is 1. The van der Waals surface area contributed by atoms with Crippen LogP contribution in [0.25, 0.3) is 11.3 Å². The van der Waals surface area contributed by atoms with E-state index in [1.165, 1.54) is 0 Å². The Labute approximate surface area is 123 Å². The summed E-state index contributed by atoms with van der Waals surface area (Å²) in [5.74, 6) is 1.63. The first-order valence-electron chi connectivity index (χ1n) is 6.70. The molecule has 1 heterocycles. The molecule has 6 nitrogen and oxygen atoms in total. The van der Waals surface area contributed by atoms with Crippen LogP contribution in [0.3, 0.4) is 0 Å². The number of methoxy groups -OCH3 is 2. The van der Waals surface area contributed by atoms with Gasteiger partial charge in [0.1, 0.15) is 23.0 Å². The molecule has 0 amide bonds. The van der Waals surface area contributed by atoms with Gasteiger partial charge in [0.2, 0.25) is 0 Å². The first-order chi connectivity index (χ1) is 10.2. The summed E-state index contributed by atoms with van der Waals surface area (Å²) in [6.07, 6.45) is 1.61. The van der Waals surface area contributed by atoms with Crippen molar-refractivity contribution >= 4 is 12.1 Å². The fraction of sp³-hybridized carbons (Fsp3) is 0.333. The second-order valence-electron chi connectivity index (χ2n) is 4.55. The van der Waals surface area contributed by atoms with E-state index in [0.29, 0.717) is 40.7 Å². The van der Waals surface area contributed by atoms with Crippen LogP contribution in [-0.2, 0) is 6.54 Å². The van der Waals surface area contributed by atoms with Crippen molar-refractivity contribution < 1.29 is 14.3 Å². The van der Waals surface area contributed by atoms with E-state index in [2.05, 4.69) is 5.10 Å². The van der Waals surface area contributed by atoms with Crippen molar-refractivity contribution in [3.05, 3.63) is 23.8 Å². The summed E-state index contributed by atoms with van der Waals surface area (Å²) in [6, 6.07) is 5.35. The lowest BCUT2D eigenvalue weighted by atomic mass is 10.1. The molecule has 0 aliphatic carbocycles. The maximum atomic E-state index is 11.4. The quantitative estimate of drug-likeness (QED) is 0.826. The van der Waals surface area contributed by atoms with Gasteiger partial charge in [0.15, 0.2) is 6.29 Å². The molecule has 2 rings (SSSR count). The molecule has 112 valence electrons. The van der Waals surface area contributed by atoms with Crippen LogP contribution < -0.4 is 15.2 Å². The SMILES string of the molecule is CCCn1nc(-c2ccc(OC)cc2OC)c(C=O)c1N. The van der Waals surface area contributed by atoms with E-state index in [9.17, 15) is 4.79 Å². The Morgan fingerprint density at radius 2 is 2.10 bits per heavy atom. The van der Waals surface area contributed by atoms with Crippen LogP contribution in [0.5, 0.6) is 11.5 Å². The van der Waals surface area contributed by atoms with Crippen molar-refractivity contribution in [3.8, 4) is 22.8 Å². The third-order valence-electron chi connectivity index (χ3n) is 3.25. The first kappa shape index (κ1) is 14.9. The van der Waals surface area contributed by atoms with Crippen LogP contribution in [0.4, 0.5) is 5.82 Å². The number of carbonyl (C=O) groups excluding carboxylic acids is 1. The van der Waals surface area contributed by atoms with Gasteiger partial charge in [0, 0.05) is 18.2 Å². The number of hydrogen-bond donors (Lipinski definition) is 1. The Hall–Kier alpha value is -2.50. The second kappa shape index (κ2) is 6.30. The highest BCUT2D eigenvalue weighted by Gasteiger charge is 2.19. The Kier molecular flexibility index (Phi) is 4.47. The largest absolute Gasteiger partial charge is 0.497 e. The van der Waals surface area contributed by atoms with Crippen LogP contribution in [0, 0.1) is 0 Å². The summed E-state index contributed by atoms with van der Waals surface area (Å²) >= 11 is 0. The van der Waals surface area contributed by atoms with E-state index in [1.807, 2.05) is 13.0 Å². The predicted molar refractivity (Wildman–Crippen MR) is 80.9 cm³/mol. The monoisotopic (exact) mass is 289 g/mol. The number of aryl methyl sites for hydroxylation is 1. The van der Waals surface area contributed by atoms with Gasteiger partial charge in [0.25, 0.3) is 0 Å². The normalized spacial score (nSPS) is 10.4. The Morgan fingerprint density at radius 1 is 1.33 bits per heavy atom. The number of aldehydes is 1. The van der Waals surface area contributed by atoms with E-state index in [1.54, 1.807) is 31.0 Å². The minimum absolute atomic E-state index is 0.375. The number of nitrogens with zero attached hydrogens (tertiary/aromatic N) is 2. The Bertz CT molecular complexity index is 650. The highest BCUT2D eigenvalue weighted by molar-refractivity contribution is 5.92. The summed E-state index contributed by atoms with van der Waals surface area (Å²) in [4.78, 5) is 11.4. The van der Waals surface area contributed by atoms with Crippen LogP contribution in [0.1, 0.15) is 23.7 Å². The fourth-order valence-corrected chi connectivity index (χ4v) is 2.18. The van der Waals surface area contributed by atoms with E-state index in [4.69, 9.17) is 15.2 Å². The number of anilines is 1. The Morgan fingerprint density at radius 3 is 2.67 bits per heavy atom. The molecule has 2 N–H and O–H groups in total. The molecule has 0 saturated heterocycles. The zero-order valence-electron chi connectivity index (χ0n) is 12.4. The van der Waals surface area contributed by atoms with Gasteiger partial charge in [0.05, 0.1) is 19.8 Å². The van der Waals surface area contributed by atoms with E-state index in [0.717, 1.165) is 12.7 Å². The molecule has 1 aromatic heterocycles. The summed E-state index contributed by atoms with van der Waals surface area (Å²) in [7, 11) is 3.14. The number of nitrogen functional groups attached to an aromatic ring is 1. The average molecular weight is 289 g/mol. The van der Waals surface area contributed by atoms with Crippen molar-refractivity contribution in [3.63, 3.8) is 0 Å². The summed E-state index contributed by atoms with van der Waals surface area (Å²) in [5.41, 5.74) is 7.60. The fourth-order valence-electron chi connectivity index (χ4n) is 2.18. The van der Waals surface area contributed by atoms with Gasteiger partial charge in [-0.1, -0.05) is 6.92 Å². The third kappa shape index (κ3) is 2.69. The standard InChI is InChI=1S/C15H19N3O3/c1-4-7-18-15(16)12(9-19)14(17-18)11-6-5-10(20-2)8-13(11)21-3/h5-6,8-9H,4,7,16H2,1-3H3. The highest BCUT2D eigenvalue weighted by atomic mass is 16.5. The number of ether oxygens (including phenoxy) is 2. The summed E-state index contributed by atoms with van der Waals surface area (Å²) in [6.45, 7) is 2.68. The molecule has 2 aromatic rings. The molecule has 0 fully saturated rings. The minimum Gasteiger partial charge on any atom is -0.497 e. The van der Waals surface area contributed by atoms with Crippen molar-refractivity contribution in [2.75, 3.05) is 20.0 Å². The van der Waals surface area contributed by atoms with Gasteiger partial charge in [-0.2, -0.15) is 5.10 Å². The number of hydrogen-bond acceptors (Lipinski definition) is 5. The molecule has 0 saturated carbocycles. The number of carbonyl (C=O) groups is 1. The molecule has 0 unspecified atom stereocenters. The number of aromatic nitrogens is 2. The Balaban J connectivity index is 2.60. The van der Waals surface area contributed by atoms with Crippen molar-refractivity contribution in [1.82, 2.24) is 9.78 Å². The number of rotatable bonds is 6. The molecule has 1 aromatic carbocycles. The van der Waals surface area contributed by atoms with Crippen molar-refractivity contribution in [2.24, 2.45) is 0 Å². The molecule has 0 radical (unpaired) electrons. The van der Waals surface area contributed by atoms with Crippen LogP contribution >= 0.6 is 0 Å². The predicted octanol–water partition coefficient (Wildman–Crippen LogP) is 2.37. The van der Waals surface area contributed by atoms with Crippen molar-refractivity contribution in [2.45, 2.75) is 19.9 Å². The molecule has 0 aliphatic rings. The lowest BCUT2D eigenvalue weighted by molar-refractivity contribution is 0.112. The van der Waals surface area contributed by atoms with Gasteiger partial charge in [-0.3, -0.25) is 4.79 Å². The van der Waals surface area contributed by atoms with E-state index >= 15 is 0 Å². The summed E-state index contributed by atoms with van der Waals surface area (Å²) < 4.78 is 12.2. The maximum absolute atomic E-state index is 11.4. The van der Waals surface area contributed by atoms with Crippen LogP contribution in [0.15, 0.2) is 18.2 Å². The van der Waals surface area contributed by atoms with E-state index < -0.39 is 0 Å². The average Bonchev–Trinajstić information content (AvgIpc) is 2.83. The van der Waals surface area contributed by atoms with E-state index in [-0.39, 0.29) is 0 Å². The van der Waals surface area contributed by atoms with Gasteiger partial charge in [-0.15, -0.1) is 0 Å². The maximum Gasteiger partial charge on any atom is 0.156 e. The zero-order valence-corrected chi connectivity index (χ0v) is 12.4.